The minimum Gasteiger partial charge on any atom is -0.493 e. The van der Waals surface area contributed by atoms with E-state index in [0.717, 1.165) is 0 Å². The van der Waals surface area contributed by atoms with Crippen molar-refractivity contribution in [3.05, 3.63) is 87.4 Å². The van der Waals surface area contributed by atoms with Crippen molar-refractivity contribution in [3.8, 4) is 5.75 Å². The van der Waals surface area contributed by atoms with Gasteiger partial charge in [0.25, 0.3) is 11.8 Å². The van der Waals surface area contributed by atoms with Gasteiger partial charge in [0, 0.05) is 27.5 Å². The van der Waals surface area contributed by atoms with Crippen LogP contribution >= 0.6 is 27.5 Å². The highest BCUT2D eigenvalue weighted by atomic mass is 79.9. The molecule has 0 atom stereocenters. The van der Waals surface area contributed by atoms with Gasteiger partial charge in [-0.1, -0.05) is 23.7 Å². The summed E-state index contributed by atoms with van der Waals surface area (Å²) in [4.78, 5) is 25.0. The Hall–Kier alpha value is -2.83. The predicted octanol–water partition coefficient (Wildman–Crippen LogP) is 6.01. The molecule has 0 radical (unpaired) electrons. The summed E-state index contributed by atoms with van der Waals surface area (Å²) in [6, 6.07) is 18.7. The van der Waals surface area contributed by atoms with E-state index < -0.39 is 0 Å². The van der Waals surface area contributed by atoms with Crippen molar-refractivity contribution in [2.45, 2.75) is 6.92 Å². The van der Waals surface area contributed by atoms with E-state index in [4.69, 9.17) is 16.3 Å². The molecule has 0 aliphatic heterocycles. The Morgan fingerprint density at radius 2 is 1.52 bits per heavy atom. The lowest BCUT2D eigenvalue weighted by Crippen LogP contribution is -2.14. The number of hydrogen-bond donors (Lipinski definition) is 2. The first kappa shape index (κ1) is 20.9. The lowest BCUT2D eigenvalue weighted by Gasteiger charge is -2.10. The number of amides is 2. The second kappa shape index (κ2) is 9.58. The van der Waals surface area contributed by atoms with E-state index >= 15 is 0 Å². The van der Waals surface area contributed by atoms with Crippen LogP contribution in [0.1, 0.15) is 27.6 Å². The quantitative estimate of drug-likeness (QED) is 0.461. The Bertz CT molecular complexity index is 1060. The zero-order chi connectivity index (χ0) is 20.8. The topological polar surface area (TPSA) is 67.4 Å². The highest BCUT2D eigenvalue weighted by Crippen LogP contribution is 2.26. The third-order valence-electron chi connectivity index (χ3n) is 3.96. The predicted molar refractivity (Wildman–Crippen MR) is 119 cm³/mol. The fourth-order valence-corrected chi connectivity index (χ4v) is 3.31. The average molecular weight is 474 g/mol. The van der Waals surface area contributed by atoms with Crippen molar-refractivity contribution < 1.29 is 14.3 Å². The van der Waals surface area contributed by atoms with Gasteiger partial charge in [-0.15, -0.1) is 0 Å². The van der Waals surface area contributed by atoms with Gasteiger partial charge >= 0.3 is 0 Å². The van der Waals surface area contributed by atoms with Crippen molar-refractivity contribution in [1.82, 2.24) is 0 Å². The summed E-state index contributed by atoms with van der Waals surface area (Å²) in [5.41, 5.74) is 1.99. The maximum atomic E-state index is 12.6. The van der Waals surface area contributed by atoms with Crippen LogP contribution in [0, 0.1) is 0 Å². The molecule has 148 valence electrons. The molecule has 0 heterocycles. The first-order chi connectivity index (χ1) is 14.0. The number of ether oxygens (including phenoxy) is 1. The number of halogens is 2. The molecule has 0 aromatic heterocycles. The molecule has 3 aromatic rings. The van der Waals surface area contributed by atoms with Gasteiger partial charge < -0.3 is 15.4 Å². The van der Waals surface area contributed by atoms with Crippen LogP contribution in [0.2, 0.25) is 5.02 Å². The lowest BCUT2D eigenvalue weighted by atomic mass is 10.1. The molecule has 0 fully saturated rings. The Labute approximate surface area is 182 Å². The van der Waals surface area contributed by atoms with Gasteiger partial charge in [0.1, 0.15) is 5.75 Å². The molecular weight excluding hydrogens is 456 g/mol. The molecule has 0 unspecified atom stereocenters. The molecule has 29 heavy (non-hydrogen) atoms. The second-order valence-electron chi connectivity index (χ2n) is 6.08. The lowest BCUT2D eigenvalue weighted by molar-refractivity contribution is 0.101. The summed E-state index contributed by atoms with van der Waals surface area (Å²) in [6.45, 7) is 2.43. The Morgan fingerprint density at radius 1 is 0.897 bits per heavy atom. The molecule has 0 saturated carbocycles. The fraction of sp³-hybridized carbons (Fsp3) is 0.0909. The van der Waals surface area contributed by atoms with Crippen LogP contribution in [0.5, 0.6) is 5.75 Å². The maximum absolute atomic E-state index is 12.6. The first-order valence-corrected chi connectivity index (χ1v) is 10.0. The SMILES string of the molecule is CCOc1ccc(C(=O)Nc2cccc(C(=O)Nc3cccc(Cl)c3)c2)cc1Br. The van der Waals surface area contributed by atoms with Crippen LogP contribution in [0.25, 0.3) is 0 Å². The number of nitrogens with one attached hydrogen (secondary N) is 2. The van der Waals surface area contributed by atoms with Gasteiger partial charge in [0.15, 0.2) is 0 Å². The second-order valence-corrected chi connectivity index (χ2v) is 7.37. The van der Waals surface area contributed by atoms with Crippen LogP contribution in [0.15, 0.2) is 71.2 Å². The highest BCUT2D eigenvalue weighted by Gasteiger charge is 2.12. The van der Waals surface area contributed by atoms with E-state index in [9.17, 15) is 9.59 Å². The summed E-state index contributed by atoms with van der Waals surface area (Å²) in [6.07, 6.45) is 0. The van der Waals surface area contributed by atoms with Crippen molar-refractivity contribution in [3.63, 3.8) is 0 Å². The van der Waals surface area contributed by atoms with E-state index in [-0.39, 0.29) is 11.8 Å². The number of carbonyl (C=O) groups is 2. The smallest absolute Gasteiger partial charge is 0.255 e. The van der Waals surface area contributed by atoms with Gasteiger partial charge in [-0.05, 0) is 77.5 Å². The van der Waals surface area contributed by atoms with Crippen molar-refractivity contribution in [1.29, 1.82) is 0 Å². The zero-order valence-electron chi connectivity index (χ0n) is 15.5. The molecule has 0 spiro atoms. The molecule has 2 amide bonds. The number of anilines is 2. The van der Waals surface area contributed by atoms with Gasteiger partial charge in [0.2, 0.25) is 0 Å². The summed E-state index contributed by atoms with van der Waals surface area (Å²) in [5, 5.41) is 6.12. The Kier molecular flexibility index (Phi) is 6.90. The molecule has 5 nitrogen and oxygen atoms in total. The summed E-state index contributed by atoms with van der Waals surface area (Å²) in [7, 11) is 0. The van der Waals surface area contributed by atoms with E-state index in [0.29, 0.717) is 44.4 Å². The number of benzene rings is 3. The van der Waals surface area contributed by atoms with E-state index in [1.807, 2.05) is 6.92 Å². The van der Waals surface area contributed by atoms with Crippen molar-refractivity contribution in [2.24, 2.45) is 0 Å². The number of carbonyl (C=O) groups excluding carboxylic acids is 2. The molecule has 0 aliphatic carbocycles. The molecule has 0 saturated heterocycles. The van der Waals surface area contributed by atoms with Crippen LogP contribution in [0.4, 0.5) is 11.4 Å². The first-order valence-electron chi connectivity index (χ1n) is 8.87. The van der Waals surface area contributed by atoms with E-state index in [1.165, 1.54) is 0 Å². The van der Waals surface area contributed by atoms with E-state index in [2.05, 4.69) is 26.6 Å². The molecule has 0 bridgehead atoms. The minimum absolute atomic E-state index is 0.291. The fourth-order valence-electron chi connectivity index (χ4n) is 2.63. The number of hydrogen-bond acceptors (Lipinski definition) is 3. The standard InChI is InChI=1S/C22H18BrClN2O3/c1-2-29-20-10-9-15(12-19(20)23)22(28)25-17-7-3-5-14(11-17)21(27)26-18-8-4-6-16(24)13-18/h3-13H,2H2,1H3,(H,25,28)(H,26,27). The maximum Gasteiger partial charge on any atom is 0.255 e. The van der Waals surface area contributed by atoms with Crippen LogP contribution < -0.4 is 15.4 Å². The molecule has 3 aromatic carbocycles. The third-order valence-corrected chi connectivity index (χ3v) is 4.81. The normalized spacial score (nSPS) is 10.3. The highest BCUT2D eigenvalue weighted by molar-refractivity contribution is 9.10. The van der Waals surface area contributed by atoms with Gasteiger partial charge in [-0.2, -0.15) is 0 Å². The largest absolute Gasteiger partial charge is 0.493 e. The average Bonchev–Trinajstić information content (AvgIpc) is 2.70. The molecule has 0 aliphatic rings. The van der Waals surface area contributed by atoms with Crippen LogP contribution in [-0.4, -0.2) is 18.4 Å². The van der Waals surface area contributed by atoms with Gasteiger partial charge in [0.05, 0.1) is 11.1 Å². The Morgan fingerprint density at radius 3 is 2.14 bits per heavy atom. The monoisotopic (exact) mass is 472 g/mol. The zero-order valence-corrected chi connectivity index (χ0v) is 17.9. The van der Waals surface area contributed by atoms with Crippen molar-refractivity contribution >= 4 is 50.7 Å². The van der Waals surface area contributed by atoms with Gasteiger partial charge in [-0.25, -0.2) is 0 Å². The minimum atomic E-state index is -0.299. The molecular formula is C22H18BrClN2O3. The summed E-state index contributed by atoms with van der Waals surface area (Å²) >= 11 is 9.35. The molecule has 3 rings (SSSR count). The molecule has 2 N–H and O–H groups in total. The third kappa shape index (κ3) is 5.59. The summed E-state index contributed by atoms with van der Waals surface area (Å²) in [5.74, 6) is 0.0806. The Balaban J connectivity index is 1.71. The van der Waals surface area contributed by atoms with Crippen LogP contribution in [0.3, 0.4) is 0 Å². The van der Waals surface area contributed by atoms with Gasteiger partial charge in [-0.3, -0.25) is 9.59 Å². The van der Waals surface area contributed by atoms with E-state index in [1.54, 1.807) is 66.7 Å². The van der Waals surface area contributed by atoms with Crippen molar-refractivity contribution in [2.75, 3.05) is 17.2 Å². The summed E-state index contributed by atoms with van der Waals surface area (Å²) < 4.78 is 6.15. The number of rotatable bonds is 6. The molecule has 7 heteroatoms. The van der Waals surface area contributed by atoms with Crippen LogP contribution in [-0.2, 0) is 0 Å².